The number of halogens is 2. The van der Waals surface area contributed by atoms with Crippen molar-refractivity contribution in [1.29, 1.82) is 0 Å². The molecule has 0 fully saturated rings. The van der Waals surface area contributed by atoms with E-state index in [1.165, 1.54) is 0 Å². The van der Waals surface area contributed by atoms with Crippen LogP contribution in [0.3, 0.4) is 0 Å². The van der Waals surface area contributed by atoms with Crippen molar-refractivity contribution < 1.29 is 18.4 Å². The van der Waals surface area contributed by atoms with Crippen LogP contribution >= 0.6 is 0 Å². The highest BCUT2D eigenvalue weighted by atomic mass is 19.2. The minimum Gasteiger partial charge on any atom is -0.292 e. The molecule has 2 amide bonds. The fourth-order valence-electron chi connectivity index (χ4n) is 0.821. The van der Waals surface area contributed by atoms with E-state index in [1.807, 2.05) is 5.32 Å². The van der Waals surface area contributed by atoms with E-state index < -0.39 is 29.1 Å². The van der Waals surface area contributed by atoms with Gasteiger partial charge in [0, 0.05) is 13.1 Å². The summed E-state index contributed by atoms with van der Waals surface area (Å²) in [5, 5.41) is 1.81. The van der Waals surface area contributed by atoms with Crippen LogP contribution in [0.2, 0.25) is 0 Å². The van der Waals surface area contributed by atoms with E-state index in [0.717, 1.165) is 19.2 Å². The van der Waals surface area contributed by atoms with Crippen LogP contribution in [0, 0.1) is 11.8 Å². The number of imide groups is 1. The highest BCUT2D eigenvalue weighted by molar-refractivity contribution is 6.04. The van der Waals surface area contributed by atoms with Crippen LogP contribution in [0.25, 0.3) is 0 Å². The maximum atomic E-state index is 12.9. The normalized spacial score (nSPS) is 9.64. The van der Waals surface area contributed by atoms with Crippen LogP contribution in [0.4, 0.5) is 8.78 Å². The molecule has 0 aromatic carbocycles. The fourth-order valence-corrected chi connectivity index (χ4v) is 0.821. The summed E-state index contributed by atoms with van der Waals surface area (Å²) in [6, 6.07) is 0.983. The summed E-state index contributed by atoms with van der Waals surface area (Å²) >= 11 is 0. The topological polar surface area (TPSA) is 59.1 Å². The Kier molecular flexibility index (Phi) is 2.85. The first kappa shape index (κ1) is 10.2. The summed E-state index contributed by atoms with van der Waals surface area (Å²) in [6.45, 7) is 1.09. The molecule has 0 radical (unpaired) electrons. The second-order valence-corrected chi connectivity index (χ2v) is 2.47. The number of carbonyl (C=O) groups excluding carboxylic acids is 2. The van der Waals surface area contributed by atoms with Gasteiger partial charge in [-0.25, -0.2) is 9.37 Å². The molecule has 0 spiro atoms. The van der Waals surface area contributed by atoms with Gasteiger partial charge in [0.2, 0.25) is 11.9 Å². The van der Waals surface area contributed by atoms with Gasteiger partial charge >= 0.3 is 0 Å². The number of amides is 2. The van der Waals surface area contributed by atoms with E-state index in [1.54, 1.807) is 0 Å². The van der Waals surface area contributed by atoms with Gasteiger partial charge in [0.25, 0.3) is 5.91 Å². The molecule has 0 unspecified atom stereocenters. The van der Waals surface area contributed by atoms with E-state index in [4.69, 9.17) is 0 Å². The van der Waals surface area contributed by atoms with Gasteiger partial charge < -0.3 is 0 Å². The van der Waals surface area contributed by atoms with E-state index in [2.05, 4.69) is 4.98 Å². The first-order chi connectivity index (χ1) is 6.52. The van der Waals surface area contributed by atoms with Crippen molar-refractivity contribution in [3.63, 3.8) is 0 Å². The predicted molar refractivity (Wildman–Crippen MR) is 42.3 cm³/mol. The monoisotopic (exact) mass is 200 g/mol. The van der Waals surface area contributed by atoms with Crippen LogP contribution in [0.1, 0.15) is 17.3 Å². The molecule has 1 aromatic rings. The Labute approximate surface area is 77.9 Å². The van der Waals surface area contributed by atoms with Gasteiger partial charge in [-0.15, -0.1) is 0 Å². The average molecular weight is 200 g/mol. The van der Waals surface area contributed by atoms with Crippen molar-refractivity contribution in [1.82, 2.24) is 10.3 Å². The van der Waals surface area contributed by atoms with Gasteiger partial charge in [-0.2, -0.15) is 4.39 Å². The first-order valence-corrected chi connectivity index (χ1v) is 3.64. The van der Waals surface area contributed by atoms with E-state index >= 15 is 0 Å². The number of nitrogens with one attached hydrogen (secondary N) is 1. The van der Waals surface area contributed by atoms with Crippen molar-refractivity contribution in [3.8, 4) is 0 Å². The maximum absolute atomic E-state index is 12.9. The molecule has 14 heavy (non-hydrogen) atoms. The Morgan fingerprint density at radius 1 is 1.43 bits per heavy atom. The van der Waals surface area contributed by atoms with Crippen LogP contribution in [-0.4, -0.2) is 16.8 Å². The summed E-state index contributed by atoms with van der Waals surface area (Å²) in [5.74, 6) is -4.38. The number of carbonyl (C=O) groups is 2. The maximum Gasteiger partial charge on any atom is 0.261 e. The fraction of sp³-hybridized carbons (Fsp3) is 0.125. The third-order valence-electron chi connectivity index (χ3n) is 1.38. The summed E-state index contributed by atoms with van der Waals surface area (Å²) in [5.41, 5.74) is -0.548. The molecular formula is C8H6F2N2O2. The highest BCUT2D eigenvalue weighted by Gasteiger charge is 2.16. The molecule has 6 heteroatoms. The Bertz CT molecular complexity index is 393. The Hall–Kier alpha value is -1.85. The molecule has 1 rings (SSSR count). The lowest BCUT2D eigenvalue weighted by molar-refractivity contribution is -0.118. The molecule has 0 atom stereocenters. The molecule has 74 valence electrons. The molecule has 0 aliphatic carbocycles. The average Bonchev–Trinajstić information content (AvgIpc) is 2.08. The van der Waals surface area contributed by atoms with E-state index in [0.29, 0.717) is 0 Å². The highest BCUT2D eigenvalue weighted by Crippen LogP contribution is 2.08. The molecule has 0 bridgehead atoms. The molecule has 0 saturated carbocycles. The van der Waals surface area contributed by atoms with Gasteiger partial charge in [0.15, 0.2) is 5.82 Å². The number of nitrogens with zero attached hydrogens (tertiary/aromatic N) is 1. The first-order valence-electron chi connectivity index (χ1n) is 3.64. The lowest BCUT2D eigenvalue weighted by atomic mass is 10.2. The Balaban J connectivity index is 3.01. The molecule has 1 heterocycles. The largest absolute Gasteiger partial charge is 0.292 e. The molecule has 1 N–H and O–H groups in total. The quantitative estimate of drug-likeness (QED) is 0.676. The van der Waals surface area contributed by atoms with Crippen LogP contribution in [-0.2, 0) is 4.79 Å². The zero-order valence-corrected chi connectivity index (χ0v) is 7.17. The lowest BCUT2D eigenvalue weighted by Gasteiger charge is -2.01. The van der Waals surface area contributed by atoms with Gasteiger partial charge in [-0.1, -0.05) is 0 Å². The van der Waals surface area contributed by atoms with E-state index in [-0.39, 0.29) is 0 Å². The molecule has 1 aromatic heterocycles. The number of aromatic nitrogens is 1. The number of hydrogen-bond donors (Lipinski definition) is 1. The molecular weight excluding hydrogens is 194 g/mol. The zero-order valence-electron chi connectivity index (χ0n) is 7.17. The summed E-state index contributed by atoms with van der Waals surface area (Å²) < 4.78 is 25.4. The van der Waals surface area contributed by atoms with Gasteiger partial charge in [-0.05, 0) is 6.07 Å². The lowest BCUT2D eigenvalue weighted by Crippen LogP contribution is -2.29. The zero-order chi connectivity index (χ0) is 10.7. The second kappa shape index (κ2) is 3.91. The SMILES string of the molecule is CC(=O)NC(=O)c1ccnc(F)c1F. The molecule has 0 saturated heterocycles. The minimum atomic E-state index is -1.37. The number of hydrogen-bond acceptors (Lipinski definition) is 3. The van der Waals surface area contributed by atoms with Crippen molar-refractivity contribution in [2.24, 2.45) is 0 Å². The van der Waals surface area contributed by atoms with Crippen molar-refractivity contribution >= 4 is 11.8 Å². The van der Waals surface area contributed by atoms with Crippen molar-refractivity contribution in [2.75, 3.05) is 0 Å². The number of pyridine rings is 1. The Morgan fingerprint density at radius 3 is 2.64 bits per heavy atom. The van der Waals surface area contributed by atoms with Crippen LogP contribution < -0.4 is 5.32 Å². The van der Waals surface area contributed by atoms with Gasteiger partial charge in [-0.3, -0.25) is 14.9 Å². The Morgan fingerprint density at radius 2 is 2.07 bits per heavy atom. The van der Waals surface area contributed by atoms with Gasteiger partial charge in [0.1, 0.15) is 0 Å². The van der Waals surface area contributed by atoms with Crippen molar-refractivity contribution in [2.45, 2.75) is 6.92 Å². The summed E-state index contributed by atoms with van der Waals surface area (Å²) in [7, 11) is 0. The third kappa shape index (κ3) is 2.09. The van der Waals surface area contributed by atoms with Crippen molar-refractivity contribution in [3.05, 3.63) is 29.6 Å². The third-order valence-corrected chi connectivity index (χ3v) is 1.38. The van der Waals surface area contributed by atoms with Crippen LogP contribution in [0.15, 0.2) is 12.3 Å². The summed E-state index contributed by atoms with van der Waals surface area (Å²) in [4.78, 5) is 24.5. The number of rotatable bonds is 1. The second-order valence-electron chi connectivity index (χ2n) is 2.47. The minimum absolute atomic E-state index is 0.548. The molecule has 0 aliphatic rings. The van der Waals surface area contributed by atoms with Crippen LogP contribution in [0.5, 0.6) is 0 Å². The van der Waals surface area contributed by atoms with E-state index in [9.17, 15) is 18.4 Å². The molecule has 0 aliphatic heterocycles. The predicted octanol–water partition coefficient (Wildman–Crippen LogP) is 0.636. The smallest absolute Gasteiger partial charge is 0.261 e. The summed E-state index contributed by atoms with van der Waals surface area (Å²) in [6.07, 6.45) is 0.938. The standard InChI is InChI=1S/C8H6F2N2O2/c1-4(13)12-8(14)5-2-3-11-7(10)6(5)9/h2-3H,1H3,(H,12,13,14). The molecule has 4 nitrogen and oxygen atoms in total. The van der Waals surface area contributed by atoms with Gasteiger partial charge in [0.05, 0.1) is 5.56 Å².